The van der Waals surface area contributed by atoms with Crippen molar-refractivity contribution in [2.75, 3.05) is 39.6 Å². The van der Waals surface area contributed by atoms with Crippen LogP contribution in [0.5, 0.6) is 0 Å². The van der Waals surface area contributed by atoms with E-state index in [0.717, 1.165) is 19.6 Å². The standard InChI is InChI=1S/C14H29NO4/c1-11(2)19-7-6-18-10-14(16)8-15-12(3)13-4-5-17-9-13/h11-16H,4-10H2,1-3H3. The Bertz CT molecular complexity index is 219. The zero-order valence-electron chi connectivity index (χ0n) is 12.4. The van der Waals surface area contributed by atoms with Gasteiger partial charge in [0.25, 0.3) is 0 Å². The van der Waals surface area contributed by atoms with E-state index in [1.807, 2.05) is 13.8 Å². The van der Waals surface area contributed by atoms with Gasteiger partial charge in [-0.05, 0) is 33.1 Å². The molecule has 3 unspecified atom stereocenters. The molecule has 0 saturated carbocycles. The summed E-state index contributed by atoms with van der Waals surface area (Å²) in [5.41, 5.74) is 0. The van der Waals surface area contributed by atoms with Gasteiger partial charge in [0.15, 0.2) is 0 Å². The minimum atomic E-state index is -0.469. The van der Waals surface area contributed by atoms with Gasteiger partial charge in [0, 0.05) is 19.2 Å². The first-order valence-corrected chi connectivity index (χ1v) is 7.28. The molecule has 2 N–H and O–H groups in total. The highest BCUT2D eigenvalue weighted by Gasteiger charge is 2.22. The average molecular weight is 275 g/mol. The van der Waals surface area contributed by atoms with Crippen molar-refractivity contribution in [3.05, 3.63) is 0 Å². The molecule has 5 nitrogen and oxygen atoms in total. The van der Waals surface area contributed by atoms with E-state index in [1.54, 1.807) is 0 Å². The summed E-state index contributed by atoms with van der Waals surface area (Å²) in [5, 5.41) is 13.1. The molecular formula is C14H29NO4. The van der Waals surface area contributed by atoms with Gasteiger partial charge in [0.1, 0.15) is 0 Å². The number of aliphatic hydroxyl groups excluding tert-OH is 1. The third-order valence-corrected chi connectivity index (χ3v) is 3.34. The van der Waals surface area contributed by atoms with E-state index in [4.69, 9.17) is 14.2 Å². The molecule has 0 amide bonds. The number of nitrogens with one attached hydrogen (secondary N) is 1. The van der Waals surface area contributed by atoms with Gasteiger partial charge in [-0.25, -0.2) is 0 Å². The lowest BCUT2D eigenvalue weighted by Gasteiger charge is -2.21. The van der Waals surface area contributed by atoms with Crippen molar-refractivity contribution in [2.45, 2.75) is 45.4 Å². The van der Waals surface area contributed by atoms with Crippen LogP contribution in [-0.4, -0.2) is 62.9 Å². The molecule has 1 saturated heterocycles. The van der Waals surface area contributed by atoms with Crippen LogP contribution in [0.2, 0.25) is 0 Å². The number of rotatable bonds is 10. The molecule has 1 heterocycles. The van der Waals surface area contributed by atoms with Crippen LogP contribution in [0.4, 0.5) is 0 Å². The molecule has 0 aromatic carbocycles. The molecule has 1 aliphatic rings. The Kier molecular flexibility index (Phi) is 8.57. The lowest BCUT2D eigenvalue weighted by atomic mass is 10.0. The zero-order valence-corrected chi connectivity index (χ0v) is 12.4. The van der Waals surface area contributed by atoms with Crippen LogP contribution >= 0.6 is 0 Å². The SMILES string of the molecule is CC(C)OCCOCC(O)CNC(C)C1CCOC1. The summed E-state index contributed by atoms with van der Waals surface area (Å²) in [6.45, 7) is 9.83. The van der Waals surface area contributed by atoms with Crippen molar-refractivity contribution in [1.29, 1.82) is 0 Å². The summed E-state index contributed by atoms with van der Waals surface area (Å²) in [4.78, 5) is 0. The quantitative estimate of drug-likeness (QED) is 0.578. The van der Waals surface area contributed by atoms with Crippen molar-refractivity contribution in [2.24, 2.45) is 5.92 Å². The molecule has 1 rings (SSSR count). The second-order valence-corrected chi connectivity index (χ2v) is 5.47. The monoisotopic (exact) mass is 275 g/mol. The molecule has 1 aliphatic heterocycles. The summed E-state index contributed by atoms with van der Waals surface area (Å²) in [7, 11) is 0. The normalized spacial score (nSPS) is 22.9. The summed E-state index contributed by atoms with van der Waals surface area (Å²) < 4.78 is 16.1. The first-order chi connectivity index (χ1) is 9.09. The Balaban J connectivity index is 1.96. The van der Waals surface area contributed by atoms with Gasteiger partial charge < -0.3 is 24.6 Å². The molecule has 0 aromatic heterocycles. The largest absolute Gasteiger partial charge is 0.389 e. The maximum atomic E-state index is 9.79. The molecule has 0 radical (unpaired) electrons. The Hall–Kier alpha value is -0.200. The number of ether oxygens (including phenoxy) is 3. The minimum absolute atomic E-state index is 0.227. The molecule has 5 heteroatoms. The highest BCUT2D eigenvalue weighted by atomic mass is 16.5. The van der Waals surface area contributed by atoms with E-state index in [1.165, 1.54) is 0 Å². The predicted octanol–water partition coefficient (Wildman–Crippen LogP) is 0.804. The number of hydrogen-bond donors (Lipinski definition) is 2. The number of aliphatic hydroxyl groups is 1. The minimum Gasteiger partial charge on any atom is -0.389 e. The van der Waals surface area contributed by atoms with E-state index in [2.05, 4.69) is 12.2 Å². The van der Waals surface area contributed by atoms with Gasteiger partial charge >= 0.3 is 0 Å². The van der Waals surface area contributed by atoms with E-state index in [0.29, 0.717) is 38.3 Å². The Morgan fingerprint density at radius 3 is 2.74 bits per heavy atom. The third kappa shape index (κ3) is 7.84. The Morgan fingerprint density at radius 2 is 2.11 bits per heavy atom. The van der Waals surface area contributed by atoms with E-state index < -0.39 is 6.10 Å². The van der Waals surface area contributed by atoms with Crippen molar-refractivity contribution in [3.63, 3.8) is 0 Å². The smallest absolute Gasteiger partial charge is 0.0897 e. The second kappa shape index (κ2) is 9.66. The van der Waals surface area contributed by atoms with Gasteiger partial charge in [-0.2, -0.15) is 0 Å². The third-order valence-electron chi connectivity index (χ3n) is 3.34. The molecule has 0 aliphatic carbocycles. The van der Waals surface area contributed by atoms with Gasteiger partial charge in [-0.15, -0.1) is 0 Å². The van der Waals surface area contributed by atoms with Crippen molar-refractivity contribution >= 4 is 0 Å². The van der Waals surface area contributed by atoms with Crippen molar-refractivity contribution in [3.8, 4) is 0 Å². The van der Waals surface area contributed by atoms with Crippen molar-refractivity contribution in [1.82, 2.24) is 5.32 Å². The molecule has 0 spiro atoms. The van der Waals surface area contributed by atoms with Crippen LogP contribution in [0.15, 0.2) is 0 Å². The zero-order chi connectivity index (χ0) is 14.1. The highest BCUT2D eigenvalue weighted by molar-refractivity contribution is 4.76. The van der Waals surface area contributed by atoms with Crippen LogP contribution in [0.3, 0.4) is 0 Å². The maximum Gasteiger partial charge on any atom is 0.0897 e. The van der Waals surface area contributed by atoms with Crippen LogP contribution in [0.25, 0.3) is 0 Å². The van der Waals surface area contributed by atoms with E-state index in [-0.39, 0.29) is 6.10 Å². The van der Waals surface area contributed by atoms with Gasteiger partial charge in [-0.3, -0.25) is 0 Å². The van der Waals surface area contributed by atoms with Crippen LogP contribution < -0.4 is 5.32 Å². The fourth-order valence-electron chi connectivity index (χ4n) is 2.06. The molecule has 114 valence electrons. The number of hydrogen-bond acceptors (Lipinski definition) is 5. The lowest BCUT2D eigenvalue weighted by molar-refractivity contribution is -0.0107. The predicted molar refractivity (Wildman–Crippen MR) is 74.3 cm³/mol. The summed E-state index contributed by atoms with van der Waals surface area (Å²) >= 11 is 0. The fourth-order valence-corrected chi connectivity index (χ4v) is 2.06. The second-order valence-electron chi connectivity index (χ2n) is 5.47. The molecular weight excluding hydrogens is 246 g/mol. The van der Waals surface area contributed by atoms with Gasteiger partial charge in [-0.1, -0.05) is 0 Å². The first kappa shape index (κ1) is 16.9. The first-order valence-electron chi connectivity index (χ1n) is 7.28. The van der Waals surface area contributed by atoms with E-state index in [9.17, 15) is 5.11 Å². The van der Waals surface area contributed by atoms with Gasteiger partial charge in [0.05, 0.1) is 38.6 Å². The maximum absolute atomic E-state index is 9.79. The highest BCUT2D eigenvalue weighted by Crippen LogP contribution is 2.16. The summed E-state index contributed by atoms with van der Waals surface area (Å²) in [6, 6.07) is 0.376. The van der Waals surface area contributed by atoms with Crippen molar-refractivity contribution < 1.29 is 19.3 Å². The molecule has 19 heavy (non-hydrogen) atoms. The van der Waals surface area contributed by atoms with Gasteiger partial charge in [0.2, 0.25) is 0 Å². The molecule has 0 aromatic rings. The topological polar surface area (TPSA) is 60.0 Å². The molecule has 3 atom stereocenters. The summed E-state index contributed by atoms with van der Waals surface area (Å²) in [6.07, 6.45) is 0.862. The van der Waals surface area contributed by atoms with Crippen LogP contribution in [0, 0.1) is 5.92 Å². The summed E-state index contributed by atoms with van der Waals surface area (Å²) in [5.74, 6) is 0.563. The Morgan fingerprint density at radius 1 is 1.32 bits per heavy atom. The Labute approximate surface area is 116 Å². The van der Waals surface area contributed by atoms with E-state index >= 15 is 0 Å². The lowest BCUT2D eigenvalue weighted by Crippen LogP contribution is -2.40. The van der Waals surface area contributed by atoms with Crippen LogP contribution in [0.1, 0.15) is 27.2 Å². The average Bonchev–Trinajstić information content (AvgIpc) is 2.89. The molecule has 0 bridgehead atoms. The fraction of sp³-hybridized carbons (Fsp3) is 1.00. The molecule has 1 fully saturated rings. The van der Waals surface area contributed by atoms with Crippen LogP contribution in [-0.2, 0) is 14.2 Å².